The average Bonchev–Trinajstić information content (AvgIpc) is 2.84. The number of nitrogens with zero attached hydrogens (tertiary/aromatic N) is 4. The van der Waals surface area contributed by atoms with Crippen molar-refractivity contribution in [3.8, 4) is 0 Å². The average molecular weight is 374 g/mol. The third-order valence-electron chi connectivity index (χ3n) is 3.56. The molecule has 0 aliphatic carbocycles. The molecule has 2 rings (SSSR count). The van der Waals surface area contributed by atoms with Crippen LogP contribution in [-0.2, 0) is 0 Å². The Morgan fingerprint density at radius 2 is 1.81 bits per heavy atom. The molecule has 0 saturated heterocycles. The van der Waals surface area contributed by atoms with Crippen LogP contribution in [0.2, 0.25) is 5.02 Å². The molecular formula is C14H18BrClN4O. The number of halogens is 2. The highest BCUT2D eigenvalue weighted by Crippen LogP contribution is 2.25. The van der Waals surface area contributed by atoms with E-state index in [1.807, 2.05) is 34.6 Å². The van der Waals surface area contributed by atoms with Gasteiger partial charge in [-0.15, -0.1) is 0 Å². The van der Waals surface area contributed by atoms with Crippen molar-refractivity contribution in [1.29, 1.82) is 0 Å². The van der Waals surface area contributed by atoms with Crippen molar-refractivity contribution >= 4 is 33.4 Å². The van der Waals surface area contributed by atoms with Crippen LogP contribution in [0.4, 0.5) is 0 Å². The van der Waals surface area contributed by atoms with Gasteiger partial charge in [-0.25, -0.2) is 4.68 Å². The second-order valence-corrected chi connectivity index (χ2v) is 6.44. The molecule has 0 fully saturated rings. The first-order valence-electron chi connectivity index (χ1n) is 6.70. The number of carbonyl (C=O) groups is 1. The van der Waals surface area contributed by atoms with Gasteiger partial charge < -0.3 is 0 Å². The van der Waals surface area contributed by atoms with E-state index in [9.17, 15) is 4.79 Å². The number of aromatic nitrogens is 4. The molecule has 7 heteroatoms. The summed E-state index contributed by atoms with van der Waals surface area (Å²) in [5.41, 5.74) is 3.28. The zero-order valence-corrected chi connectivity index (χ0v) is 15.1. The van der Waals surface area contributed by atoms with Gasteiger partial charge >= 0.3 is 0 Å². The van der Waals surface area contributed by atoms with Crippen molar-refractivity contribution in [1.82, 2.24) is 19.6 Å². The maximum Gasteiger partial charge on any atom is 0.249 e. The van der Waals surface area contributed by atoms with Crippen molar-refractivity contribution < 1.29 is 4.79 Å². The Hall–Kier alpha value is -1.14. The molecule has 0 N–H and O–H groups in total. The molecule has 0 bridgehead atoms. The lowest BCUT2D eigenvalue weighted by molar-refractivity contribution is 0.0863. The van der Waals surface area contributed by atoms with E-state index < -0.39 is 0 Å². The van der Waals surface area contributed by atoms with Crippen molar-refractivity contribution in [2.75, 3.05) is 0 Å². The van der Waals surface area contributed by atoms with Crippen molar-refractivity contribution in [2.24, 2.45) is 0 Å². The predicted octanol–water partition coefficient (Wildman–Crippen LogP) is 4.02. The molecule has 114 valence electrons. The summed E-state index contributed by atoms with van der Waals surface area (Å²) in [6.45, 7) is 9.45. The number of aryl methyl sites for hydroxylation is 2. The van der Waals surface area contributed by atoms with E-state index in [-0.39, 0.29) is 11.9 Å². The molecule has 0 aliphatic rings. The first-order valence-corrected chi connectivity index (χ1v) is 7.87. The topological polar surface area (TPSA) is 52.7 Å². The van der Waals surface area contributed by atoms with Crippen LogP contribution in [0.15, 0.2) is 4.47 Å². The highest BCUT2D eigenvalue weighted by molar-refractivity contribution is 9.10. The molecular weight excluding hydrogens is 356 g/mol. The molecule has 21 heavy (non-hydrogen) atoms. The minimum absolute atomic E-state index is 0.0579. The minimum Gasteiger partial charge on any atom is -0.272 e. The number of hydrogen-bond donors (Lipinski definition) is 0. The van der Waals surface area contributed by atoms with Gasteiger partial charge in [0.15, 0.2) is 0 Å². The lowest BCUT2D eigenvalue weighted by atomic mass is 10.2. The lowest BCUT2D eigenvalue weighted by Gasteiger charge is -2.14. The van der Waals surface area contributed by atoms with Crippen LogP contribution in [-0.4, -0.2) is 25.5 Å². The number of hydrogen-bond acceptors (Lipinski definition) is 3. The van der Waals surface area contributed by atoms with Gasteiger partial charge in [-0.2, -0.15) is 10.2 Å². The first-order chi connectivity index (χ1) is 9.73. The lowest BCUT2D eigenvalue weighted by Crippen LogP contribution is -2.20. The highest BCUT2D eigenvalue weighted by atomic mass is 79.9. The zero-order valence-electron chi connectivity index (χ0n) is 12.7. The Bertz CT molecular complexity index is 704. The largest absolute Gasteiger partial charge is 0.272 e. The third-order valence-corrected chi connectivity index (χ3v) is 5.26. The summed E-state index contributed by atoms with van der Waals surface area (Å²) in [4.78, 5) is 12.4. The molecule has 2 aromatic rings. The molecule has 0 aliphatic heterocycles. The van der Waals surface area contributed by atoms with E-state index >= 15 is 0 Å². The summed E-state index contributed by atoms with van der Waals surface area (Å²) >= 11 is 9.59. The Morgan fingerprint density at radius 3 is 2.24 bits per heavy atom. The number of rotatable bonds is 3. The summed E-state index contributed by atoms with van der Waals surface area (Å²) in [5, 5.41) is 9.32. The van der Waals surface area contributed by atoms with Gasteiger partial charge in [0.1, 0.15) is 0 Å². The zero-order chi connectivity index (χ0) is 15.9. The minimum atomic E-state index is -0.0774. The standard InChI is InChI=1S/C14H18BrClN4O/c1-7(19-11(5)14(16)9(3)18-19)6-12(21)20-10(4)13(15)8(2)17-20/h7H,6H2,1-5H3/t7-/m0/s1. The SMILES string of the molecule is Cc1nn([C@@H](C)CC(=O)n2nc(C)c(Br)c2C)c(C)c1Cl. The van der Waals surface area contributed by atoms with Gasteiger partial charge in [-0.3, -0.25) is 9.48 Å². The summed E-state index contributed by atoms with van der Waals surface area (Å²) in [5.74, 6) is -0.0579. The van der Waals surface area contributed by atoms with E-state index in [1.165, 1.54) is 4.68 Å². The second-order valence-electron chi connectivity index (χ2n) is 5.27. The Labute approximate surface area is 137 Å². The van der Waals surface area contributed by atoms with Gasteiger partial charge in [0, 0.05) is 0 Å². The van der Waals surface area contributed by atoms with Crippen LogP contribution in [0.1, 0.15) is 47.0 Å². The normalized spacial score (nSPS) is 12.7. The van der Waals surface area contributed by atoms with Crippen molar-refractivity contribution in [3.63, 3.8) is 0 Å². The van der Waals surface area contributed by atoms with Crippen LogP contribution in [0.25, 0.3) is 0 Å². The molecule has 0 amide bonds. The van der Waals surface area contributed by atoms with Gasteiger partial charge in [0.05, 0.1) is 44.7 Å². The predicted molar refractivity (Wildman–Crippen MR) is 86.1 cm³/mol. The van der Waals surface area contributed by atoms with Gasteiger partial charge in [0.2, 0.25) is 5.91 Å². The summed E-state index contributed by atoms with van der Waals surface area (Å²) in [7, 11) is 0. The van der Waals surface area contributed by atoms with Crippen LogP contribution in [0.3, 0.4) is 0 Å². The van der Waals surface area contributed by atoms with E-state index in [1.54, 1.807) is 4.68 Å². The molecule has 0 saturated carbocycles. The van der Waals surface area contributed by atoms with Gasteiger partial charge in [0.25, 0.3) is 0 Å². The van der Waals surface area contributed by atoms with E-state index in [4.69, 9.17) is 11.6 Å². The Morgan fingerprint density at radius 1 is 1.19 bits per heavy atom. The summed E-state index contributed by atoms with van der Waals surface area (Å²) in [6.07, 6.45) is 0.312. The molecule has 0 aromatic carbocycles. The fourth-order valence-electron chi connectivity index (χ4n) is 2.36. The Balaban J connectivity index is 2.22. The van der Waals surface area contributed by atoms with Gasteiger partial charge in [-0.05, 0) is 50.5 Å². The van der Waals surface area contributed by atoms with E-state index in [2.05, 4.69) is 26.1 Å². The Kier molecular flexibility index (Phi) is 4.58. The summed E-state index contributed by atoms with van der Waals surface area (Å²) < 4.78 is 4.12. The van der Waals surface area contributed by atoms with Crippen LogP contribution in [0, 0.1) is 27.7 Å². The monoisotopic (exact) mass is 372 g/mol. The summed E-state index contributed by atoms with van der Waals surface area (Å²) in [6, 6.07) is -0.0774. The molecule has 1 atom stereocenters. The maximum atomic E-state index is 12.4. The first kappa shape index (κ1) is 16.2. The molecule has 0 unspecified atom stereocenters. The van der Waals surface area contributed by atoms with Crippen LogP contribution < -0.4 is 0 Å². The van der Waals surface area contributed by atoms with Gasteiger partial charge in [-0.1, -0.05) is 11.6 Å². The van der Waals surface area contributed by atoms with Crippen molar-refractivity contribution in [3.05, 3.63) is 32.3 Å². The quantitative estimate of drug-likeness (QED) is 0.816. The van der Waals surface area contributed by atoms with Crippen LogP contribution >= 0.6 is 27.5 Å². The molecule has 0 spiro atoms. The van der Waals surface area contributed by atoms with E-state index in [0.717, 1.165) is 27.2 Å². The van der Waals surface area contributed by atoms with Crippen molar-refractivity contribution in [2.45, 2.75) is 47.1 Å². The molecule has 2 aromatic heterocycles. The third kappa shape index (κ3) is 2.92. The molecule has 0 radical (unpaired) electrons. The van der Waals surface area contributed by atoms with E-state index in [0.29, 0.717) is 11.4 Å². The fraction of sp³-hybridized carbons (Fsp3) is 0.500. The number of carbonyl (C=O) groups excluding carboxylic acids is 1. The molecule has 5 nitrogen and oxygen atoms in total. The fourth-order valence-corrected chi connectivity index (χ4v) is 2.74. The maximum absolute atomic E-state index is 12.4. The second kappa shape index (κ2) is 5.93. The van der Waals surface area contributed by atoms with Crippen LogP contribution in [0.5, 0.6) is 0 Å². The highest BCUT2D eigenvalue weighted by Gasteiger charge is 2.20. The smallest absolute Gasteiger partial charge is 0.249 e. The molecule has 2 heterocycles.